The highest BCUT2D eigenvalue weighted by Crippen LogP contribution is 2.51. The highest BCUT2D eigenvalue weighted by Gasteiger charge is 2.35. The van der Waals surface area contributed by atoms with Gasteiger partial charge >= 0.3 is 0 Å². The van der Waals surface area contributed by atoms with Gasteiger partial charge < -0.3 is 9.32 Å². The standard InChI is InChI=1S/C49H35NO/c1-49(2)43-17-7-5-14-40(43)42-31-37(29-30-44(42)49)50(45-18-10-20-47-48(45)41-15-6-8-19-46(41)51-47)36-27-25-33(26-28-36)32-21-23-35(24-22-32)39-16-9-12-34-11-3-4-13-38(34)39/h3-31H,1-2H3. The second kappa shape index (κ2) is 11.3. The van der Waals surface area contributed by atoms with Gasteiger partial charge in [0, 0.05) is 22.2 Å². The summed E-state index contributed by atoms with van der Waals surface area (Å²) < 4.78 is 6.38. The molecule has 0 saturated carbocycles. The third-order valence-electron chi connectivity index (χ3n) is 10.9. The van der Waals surface area contributed by atoms with Gasteiger partial charge in [-0.05, 0) is 97.7 Å². The van der Waals surface area contributed by atoms with Crippen LogP contribution in [0.3, 0.4) is 0 Å². The molecule has 1 aromatic heterocycles. The molecule has 0 N–H and O–H groups in total. The number of rotatable bonds is 5. The minimum Gasteiger partial charge on any atom is -0.456 e. The molecule has 1 heterocycles. The molecule has 0 aliphatic heterocycles. The van der Waals surface area contributed by atoms with Crippen molar-refractivity contribution in [3.63, 3.8) is 0 Å². The minimum atomic E-state index is -0.0547. The highest BCUT2D eigenvalue weighted by molar-refractivity contribution is 6.13. The van der Waals surface area contributed by atoms with Gasteiger partial charge in [0.25, 0.3) is 0 Å². The molecule has 242 valence electrons. The first-order valence-electron chi connectivity index (χ1n) is 17.7. The van der Waals surface area contributed by atoms with E-state index in [1.807, 2.05) is 6.07 Å². The van der Waals surface area contributed by atoms with E-state index in [1.54, 1.807) is 0 Å². The Labute approximate surface area is 297 Å². The Hall–Kier alpha value is -6.38. The van der Waals surface area contributed by atoms with Crippen molar-refractivity contribution < 1.29 is 4.42 Å². The molecule has 1 aliphatic rings. The maximum absolute atomic E-state index is 6.38. The van der Waals surface area contributed by atoms with E-state index in [0.29, 0.717) is 0 Å². The summed E-state index contributed by atoms with van der Waals surface area (Å²) in [6.07, 6.45) is 0. The number of nitrogens with zero attached hydrogens (tertiary/aromatic N) is 1. The molecule has 10 rings (SSSR count). The average molecular weight is 654 g/mol. The number of fused-ring (bicyclic) bond motifs is 7. The van der Waals surface area contributed by atoms with Gasteiger partial charge in [-0.25, -0.2) is 0 Å². The van der Waals surface area contributed by atoms with Crippen molar-refractivity contribution in [3.05, 3.63) is 187 Å². The fourth-order valence-electron chi connectivity index (χ4n) is 8.34. The summed E-state index contributed by atoms with van der Waals surface area (Å²) >= 11 is 0. The summed E-state index contributed by atoms with van der Waals surface area (Å²) in [7, 11) is 0. The Morgan fingerprint density at radius 2 is 1.02 bits per heavy atom. The molecule has 0 saturated heterocycles. The fraction of sp³-hybridized carbons (Fsp3) is 0.0612. The Kier molecular flexibility index (Phi) is 6.56. The monoisotopic (exact) mass is 653 g/mol. The number of hydrogen-bond acceptors (Lipinski definition) is 2. The molecule has 0 radical (unpaired) electrons. The smallest absolute Gasteiger partial charge is 0.137 e. The van der Waals surface area contributed by atoms with Gasteiger partial charge in [0.05, 0.1) is 11.1 Å². The molecular formula is C49H35NO. The third kappa shape index (κ3) is 4.64. The van der Waals surface area contributed by atoms with Gasteiger partial charge in [0.15, 0.2) is 0 Å². The van der Waals surface area contributed by atoms with Gasteiger partial charge in [-0.3, -0.25) is 0 Å². The van der Waals surface area contributed by atoms with E-state index in [0.717, 1.165) is 39.0 Å². The zero-order valence-corrected chi connectivity index (χ0v) is 28.6. The van der Waals surface area contributed by atoms with Crippen molar-refractivity contribution in [1.29, 1.82) is 0 Å². The molecule has 0 fully saturated rings. The maximum Gasteiger partial charge on any atom is 0.137 e. The zero-order valence-electron chi connectivity index (χ0n) is 28.6. The molecule has 0 atom stereocenters. The molecular weight excluding hydrogens is 619 g/mol. The lowest BCUT2D eigenvalue weighted by Crippen LogP contribution is -2.15. The van der Waals surface area contributed by atoms with Crippen LogP contribution in [-0.2, 0) is 5.41 Å². The molecule has 2 nitrogen and oxygen atoms in total. The largest absolute Gasteiger partial charge is 0.456 e. The van der Waals surface area contributed by atoms with Crippen LogP contribution in [0.15, 0.2) is 180 Å². The van der Waals surface area contributed by atoms with Crippen LogP contribution in [0.25, 0.3) is 66.1 Å². The summed E-state index contributed by atoms with van der Waals surface area (Å²) in [5.74, 6) is 0. The van der Waals surface area contributed by atoms with E-state index in [4.69, 9.17) is 4.42 Å². The van der Waals surface area contributed by atoms with E-state index in [9.17, 15) is 0 Å². The summed E-state index contributed by atoms with van der Waals surface area (Å²) in [5.41, 5.74) is 15.2. The zero-order chi connectivity index (χ0) is 34.1. The van der Waals surface area contributed by atoms with E-state index in [-0.39, 0.29) is 5.41 Å². The second-order valence-corrected chi connectivity index (χ2v) is 14.1. The topological polar surface area (TPSA) is 16.4 Å². The third-order valence-corrected chi connectivity index (χ3v) is 10.9. The van der Waals surface area contributed by atoms with Crippen molar-refractivity contribution in [3.8, 4) is 33.4 Å². The predicted molar refractivity (Wildman–Crippen MR) is 214 cm³/mol. The quantitative estimate of drug-likeness (QED) is 0.184. The van der Waals surface area contributed by atoms with E-state index < -0.39 is 0 Å². The maximum atomic E-state index is 6.38. The van der Waals surface area contributed by atoms with Gasteiger partial charge in [0.2, 0.25) is 0 Å². The number of benzene rings is 8. The van der Waals surface area contributed by atoms with Gasteiger partial charge in [-0.15, -0.1) is 0 Å². The first-order valence-corrected chi connectivity index (χ1v) is 17.7. The van der Waals surface area contributed by atoms with Crippen LogP contribution in [0, 0.1) is 0 Å². The molecule has 0 bridgehead atoms. The Balaban J connectivity index is 1.09. The Bertz CT molecular complexity index is 2760. The second-order valence-electron chi connectivity index (χ2n) is 14.1. The fourth-order valence-corrected chi connectivity index (χ4v) is 8.34. The highest BCUT2D eigenvalue weighted by atomic mass is 16.3. The number of anilines is 3. The summed E-state index contributed by atoms with van der Waals surface area (Å²) in [5, 5.41) is 4.76. The lowest BCUT2D eigenvalue weighted by atomic mass is 9.82. The molecule has 8 aromatic carbocycles. The molecule has 9 aromatic rings. The first-order chi connectivity index (χ1) is 25.0. The van der Waals surface area contributed by atoms with Gasteiger partial charge in [-0.1, -0.05) is 147 Å². The van der Waals surface area contributed by atoms with Crippen LogP contribution >= 0.6 is 0 Å². The lowest BCUT2D eigenvalue weighted by Gasteiger charge is -2.28. The van der Waals surface area contributed by atoms with Crippen LogP contribution in [-0.4, -0.2) is 0 Å². The van der Waals surface area contributed by atoms with Gasteiger partial charge in [0.1, 0.15) is 11.2 Å². The van der Waals surface area contributed by atoms with Crippen LogP contribution in [0.5, 0.6) is 0 Å². The minimum absolute atomic E-state index is 0.0547. The van der Waals surface area contributed by atoms with Crippen molar-refractivity contribution in [1.82, 2.24) is 0 Å². The van der Waals surface area contributed by atoms with Crippen molar-refractivity contribution in [2.45, 2.75) is 19.3 Å². The normalized spacial score (nSPS) is 13.1. The Morgan fingerprint density at radius 1 is 0.431 bits per heavy atom. The number of hydrogen-bond donors (Lipinski definition) is 0. The molecule has 1 aliphatic carbocycles. The van der Waals surface area contributed by atoms with E-state index in [1.165, 1.54) is 55.3 Å². The summed E-state index contributed by atoms with van der Waals surface area (Å²) in [6.45, 7) is 4.67. The van der Waals surface area contributed by atoms with E-state index >= 15 is 0 Å². The molecule has 0 unspecified atom stereocenters. The average Bonchev–Trinajstić information content (AvgIpc) is 3.67. The predicted octanol–water partition coefficient (Wildman–Crippen LogP) is 13.8. The molecule has 0 spiro atoms. The summed E-state index contributed by atoms with van der Waals surface area (Å²) in [6, 6.07) is 63.7. The van der Waals surface area contributed by atoms with Crippen LogP contribution in [0.2, 0.25) is 0 Å². The number of para-hydroxylation sites is 1. The van der Waals surface area contributed by atoms with Crippen molar-refractivity contribution >= 4 is 49.8 Å². The molecule has 51 heavy (non-hydrogen) atoms. The van der Waals surface area contributed by atoms with Crippen LogP contribution in [0.1, 0.15) is 25.0 Å². The first kappa shape index (κ1) is 29.5. The number of furan rings is 1. The molecule has 2 heteroatoms. The van der Waals surface area contributed by atoms with Crippen molar-refractivity contribution in [2.24, 2.45) is 0 Å². The van der Waals surface area contributed by atoms with Crippen LogP contribution < -0.4 is 4.90 Å². The SMILES string of the molecule is CC1(C)c2ccccc2-c2cc(N(c3ccc(-c4ccc(-c5cccc6ccccc56)cc4)cc3)c3cccc4oc5ccccc5c34)ccc21. The van der Waals surface area contributed by atoms with E-state index in [2.05, 4.69) is 189 Å². The van der Waals surface area contributed by atoms with Gasteiger partial charge in [-0.2, -0.15) is 0 Å². The van der Waals surface area contributed by atoms with Crippen LogP contribution in [0.4, 0.5) is 17.1 Å². The lowest BCUT2D eigenvalue weighted by molar-refractivity contribution is 0.660. The summed E-state index contributed by atoms with van der Waals surface area (Å²) in [4.78, 5) is 2.39. The molecule has 0 amide bonds. The van der Waals surface area contributed by atoms with Crippen molar-refractivity contribution in [2.75, 3.05) is 4.90 Å². The Morgan fingerprint density at radius 3 is 1.86 bits per heavy atom.